The Labute approximate surface area is 125 Å². The van der Waals surface area contributed by atoms with Crippen molar-refractivity contribution in [1.82, 2.24) is 14.4 Å². The third-order valence-corrected chi connectivity index (χ3v) is 3.40. The Morgan fingerprint density at radius 1 is 0.955 bits per heavy atom. The number of hydrogen-bond acceptors (Lipinski definition) is 4. The Kier molecular flexibility index (Phi) is 2.83. The van der Waals surface area contributed by atoms with Gasteiger partial charge in [0, 0.05) is 0 Å². The molecular weight excluding hydrogens is 278 g/mol. The third-order valence-electron chi connectivity index (χ3n) is 3.40. The second kappa shape index (κ2) is 4.96. The lowest BCUT2D eigenvalue weighted by atomic mass is 10.2. The maximum Gasteiger partial charge on any atom is 0.364 e. The molecule has 0 aliphatic heterocycles. The third kappa shape index (κ3) is 2.00. The fourth-order valence-corrected chi connectivity index (χ4v) is 2.40. The number of benzene rings is 2. The Hall–Kier alpha value is -3.21. The van der Waals surface area contributed by atoms with Crippen molar-refractivity contribution in [2.24, 2.45) is 0 Å². The minimum Gasteiger partial charge on any atom is -0.422 e. The number of carbonyl (C=O) groups is 1. The molecule has 0 fully saturated rings. The molecule has 0 aliphatic carbocycles. The highest BCUT2D eigenvalue weighted by Crippen LogP contribution is 2.19. The van der Waals surface area contributed by atoms with Gasteiger partial charge in [-0.05, 0) is 24.3 Å². The van der Waals surface area contributed by atoms with E-state index in [9.17, 15) is 4.79 Å². The van der Waals surface area contributed by atoms with Gasteiger partial charge in [-0.2, -0.15) is 0 Å². The lowest BCUT2D eigenvalue weighted by molar-refractivity contribution is 0.0731. The summed E-state index contributed by atoms with van der Waals surface area (Å²) < 4.78 is 7.22. The first-order valence-corrected chi connectivity index (χ1v) is 6.81. The number of nitrogens with zero attached hydrogens (tertiary/aromatic N) is 3. The molecule has 2 aromatic heterocycles. The van der Waals surface area contributed by atoms with Gasteiger partial charge in [0.1, 0.15) is 5.75 Å². The summed E-state index contributed by atoms with van der Waals surface area (Å²) in [6.45, 7) is 0. The molecule has 0 atom stereocenters. The van der Waals surface area contributed by atoms with E-state index in [1.54, 1.807) is 24.7 Å². The van der Waals surface area contributed by atoms with Crippen molar-refractivity contribution < 1.29 is 9.53 Å². The molecule has 0 N–H and O–H groups in total. The minimum atomic E-state index is -0.498. The van der Waals surface area contributed by atoms with Gasteiger partial charge in [-0.3, -0.25) is 4.40 Å². The second-order valence-corrected chi connectivity index (χ2v) is 4.80. The fourth-order valence-electron chi connectivity index (χ4n) is 2.40. The van der Waals surface area contributed by atoms with E-state index < -0.39 is 5.97 Å². The van der Waals surface area contributed by atoms with Gasteiger partial charge < -0.3 is 4.74 Å². The fraction of sp³-hybridized carbons (Fsp3) is 0. The van der Waals surface area contributed by atoms with Crippen LogP contribution in [0.2, 0.25) is 0 Å². The largest absolute Gasteiger partial charge is 0.422 e. The molecular formula is C17H11N3O2. The van der Waals surface area contributed by atoms with E-state index in [-0.39, 0.29) is 5.69 Å². The molecule has 2 aromatic carbocycles. The zero-order valence-corrected chi connectivity index (χ0v) is 11.5. The molecule has 4 rings (SSSR count). The number of carbonyl (C=O) groups excluding carboxylic acids is 1. The Morgan fingerprint density at radius 3 is 2.59 bits per heavy atom. The van der Waals surface area contributed by atoms with E-state index in [1.165, 1.54) is 0 Å². The lowest BCUT2D eigenvalue weighted by Crippen LogP contribution is -2.12. The molecule has 0 bridgehead atoms. The first kappa shape index (κ1) is 12.5. The molecule has 106 valence electrons. The van der Waals surface area contributed by atoms with Gasteiger partial charge in [-0.15, -0.1) is 0 Å². The van der Waals surface area contributed by atoms with Crippen molar-refractivity contribution in [3.63, 3.8) is 0 Å². The highest BCUT2D eigenvalue weighted by Gasteiger charge is 2.17. The van der Waals surface area contributed by atoms with E-state index >= 15 is 0 Å². The highest BCUT2D eigenvalue weighted by molar-refractivity contribution is 5.98. The van der Waals surface area contributed by atoms with Crippen LogP contribution in [0.15, 0.2) is 67.1 Å². The van der Waals surface area contributed by atoms with Crippen molar-refractivity contribution in [2.75, 3.05) is 0 Å². The number of ether oxygens (including phenoxy) is 1. The van der Waals surface area contributed by atoms with Crippen LogP contribution in [-0.4, -0.2) is 20.3 Å². The van der Waals surface area contributed by atoms with Crippen LogP contribution in [0.5, 0.6) is 5.75 Å². The second-order valence-electron chi connectivity index (χ2n) is 4.80. The van der Waals surface area contributed by atoms with Gasteiger partial charge in [0.2, 0.25) is 0 Å². The summed E-state index contributed by atoms with van der Waals surface area (Å²) in [6, 6.07) is 16.5. The van der Waals surface area contributed by atoms with Crippen LogP contribution in [0.4, 0.5) is 0 Å². The van der Waals surface area contributed by atoms with E-state index in [0.29, 0.717) is 16.8 Å². The van der Waals surface area contributed by atoms with Gasteiger partial charge in [0.25, 0.3) is 0 Å². The van der Waals surface area contributed by atoms with Crippen molar-refractivity contribution >= 4 is 22.5 Å². The molecule has 0 spiro atoms. The van der Waals surface area contributed by atoms with Crippen LogP contribution in [0.1, 0.15) is 10.5 Å². The number of rotatable bonds is 2. The topological polar surface area (TPSA) is 56.5 Å². The van der Waals surface area contributed by atoms with Crippen LogP contribution in [-0.2, 0) is 0 Å². The van der Waals surface area contributed by atoms with E-state index in [1.807, 2.05) is 46.9 Å². The van der Waals surface area contributed by atoms with Crippen molar-refractivity contribution in [2.45, 2.75) is 0 Å². The van der Waals surface area contributed by atoms with Gasteiger partial charge in [0.05, 0.1) is 29.1 Å². The van der Waals surface area contributed by atoms with Gasteiger partial charge >= 0.3 is 5.97 Å². The Bertz CT molecular complexity index is 977. The lowest BCUT2D eigenvalue weighted by Gasteiger charge is -2.07. The average molecular weight is 289 g/mol. The summed E-state index contributed by atoms with van der Waals surface area (Å²) in [5, 5.41) is 0. The SMILES string of the molecule is O=C(Oc1ccccc1)c1nc2ccccc2n2cncc12. The van der Waals surface area contributed by atoms with Crippen LogP contribution in [0.25, 0.3) is 16.6 Å². The van der Waals surface area contributed by atoms with Gasteiger partial charge in [-0.1, -0.05) is 30.3 Å². The van der Waals surface area contributed by atoms with Crippen molar-refractivity contribution in [3.05, 3.63) is 72.8 Å². The quantitative estimate of drug-likeness (QED) is 0.420. The van der Waals surface area contributed by atoms with Crippen LogP contribution < -0.4 is 4.74 Å². The zero-order valence-electron chi connectivity index (χ0n) is 11.5. The molecule has 0 aliphatic rings. The van der Waals surface area contributed by atoms with Gasteiger partial charge in [0.15, 0.2) is 5.69 Å². The Balaban J connectivity index is 1.86. The molecule has 2 heterocycles. The predicted octanol–water partition coefficient (Wildman–Crippen LogP) is 3.10. The van der Waals surface area contributed by atoms with Crippen molar-refractivity contribution in [3.8, 4) is 5.75 Å². The van der Waals surface area contributed by atoms with Crippen LogP contribution >= 0.6 is 0 Å². The number of imidazole rings is 1. The number of fused-ring (bicyclic) bond motifs is 3. The minimum absolute atomic E-state index is 0.250. The Morgan fingerprint density at radius 2 is 1.73 bits per heavy atom. The predicted molar refractivity (Wildman–Crippen MR) is 81.9 cm³/mol. The summed E-state index contributed by atoms with van der Waals surface area (Å²) in [4.78, 5) is 21.0. The monoisotopic (exact) mass is 289 g/mol. The van der Waals surface area contributed by atoms with Crippen LogP contribution in [0, 0.1) is 0 Å². The molecule has 0 saturated carbocycles. The average Bonchev–Trinajstić information content (AvgIpc) is 3.05. The summed E-state index contributed by atoms with van der Waals surface area (Å²) >= 11 is 0. The van der Waals surface area contributed by atoms with E-state index in [2.05, 4.69) is 9.97 Å². The normalized spacial score (nSPS) is 10.9. The summed E-state index contributed by atoms with van der Waals surface area (Å²) in [7, 11) is 0. The maximum absolute atomic E-state index is 12.4. The number of esters is 1. The molecule has 22 heavy (non-hydrogen) atoms. The molecule has 0 unspecified atom stereocenters. The van der Waals surface area contributed by atoms with Gasteiger partial charge in [-0.25, -0.2) is 14.8 Å². The number of aromatic nitrogens is 3. The standard InChI is InChI=1S/C17H11N3O2/c21-17(22-12-6-2-1-3-7-12)16-15-10-18-11-20(15)14-9-5-4-8-13(14)19-16/h1-11H. The maximum atomic E-state index is 12.4. The number of hydrogen-bond donors (Lipinski definition) is 0. The van der Waals surface area contributed by atoms with E-state index in [0.717, 1.165) is 5.52 Å². The first-order valence-electron chi connectivity index (χ1n) is 6.81. The molecule has 4 aromatic rings. The van der Waals surface area contributed by atoms with Crippen LogP contribution in [0.3, 0.4) is 0 Å². The van der Waals surface area contributed by atoms with E-state index in [4.69, 9.17) is 4.74 Å². The molecule has 0 amide bonds. The van der Waals surface area contributed by atoms with Crippen molar-refractivity contribution in [1.29, 1.82) is 0 Å². The summed E-state index contributed by atoms with van der Waals surface area (Å²) in [5.41, 5.74) is 2.49. The first-order chi connectivity index (χ1) is 10.8. The number of para-hydroxylation sites is 3. The molecule has 0 radical (unpaired) electrons. The molecule has 0 saturated heterocycles. The summed E-state index contributed by atoms with van der Waals surface area (Å²) in [6.07, 6.45) is 3.28. The zero-order chi connectivity index (χ0) is 14.9. The highest BCUT2D eigenvalue weighted by atomic mass is 16.5. The smallest absolute Gasteiger partial charge is 0.364 e. The summed E-state index contributed by atoms with van der Waals surface area (Å²) in [5.74, 6) is -0.0115. The molecule has 5 nitrogen and oxygen atoms in total. The molecule has 5 heteroatoms.